The molecule has 0 unspecified atom stereocenters. The molecule has 0 aliphatic carbocycles. The first-order valence-corrected chi connectivity index (χ1v) is 4.91. The molecule has 0 spiro atoms. The van der Waals surface area contributed by atoms with Crippen molar-refractivity contribution in [3.8, 4) is 18.1 Å². The van der Waals surface area contributed by atoms with Crippen LogP contribution >= 0.6 is 0 Å². The highest BCUT2D eigenvalue weighted by Gasteiger charge is 2.03. The Labute approximate surface area is 93.6 Å². The van der Waals surface area contributed by atoms with Gasteiger partial charge in [0.2, 0.25) is 0 Å². The Morgan fingerprint density at radius 2 is 2.31 bits per heavy atom. The molecule has 0 N–H and O–H groups in total. The standard InChI is InChI=1S/C13H11NO2/c1-3-7-14-8-6-11-9-12(16-10(2)15)4-5-13(11)14/h1,4-6,8-9H,7H2,2H3. The van der Waals surface area contributed by atoms with E-state index in [9.17, 15) is 4.79 Å². The zero-order chi connectivity index (χ0) is 11.5. The van der Waals surface area contributed by atoms with Gasteiger partial charge in [0.1, 0.15) is 5.75 Å². The van der Waals surface area contributed by atoms with E-state index in [-0.39, 0.29) is 5.97 Å². The molecule has 0 saturated carbocycles. The van der Waals surface area contributed by atoms with E-state index in [1.165, 1.54) is 6.92 Å². The largest absolute Gasteiger partial charge is 0.427 e. The number of terminal acetylenes is 1. The molecule has 1 heterocycles. The van der Waals surface area contributed by atoms with Crippen molar-refractivity contribution in [3.05, 3.63) is 30.5 Å². The molecular formula is C13H11NO2. The van der Waals surface area contributed by atoms with Gasteiger partial charge in [0.25, 0.3) is 0 Å². The average Bonchev–Trinajstić information content (AvgIpc) is 2.61. The number of ether oxygens (including phenoxy) is 1. The van der Waals surface area contributed by atoms with E-state index in [4.69, 9.17) is 11.2 Å². The van der Waals surface area contributed by atoms with Crippen LogP contribution in [0.25, 0.3) is 10.9 Å². The summed E-state index contributed by atoms with van der Waals surface area (Å²) in [5, 5.41) is 1.01. The number of benzene rings is 1. The number of hydrogen-bond donors (Lipinski definition) is 0. The molecule has 0 amide bonds. The Bertz CT molecular complexity index is 575. The highest BCUT2D eigenvalue weighted by atomic mass is 16.5. The second-order valence-electron chi connectivity index (χ2n) is 3.46. The fourth-order valence-electron chi connectivity index (χ4n) is 1.64. The van der Waals surface area contributed by atoms with Crippen molar-refractivity contribution in [3.63, 3.8) is 0 Å². The molecule has 0 atom stereocenters. The summed E-state index contributed by atoms with van der Waals surface area (Å²) in [7, 11) is 0. The predicted molar refractivity (Wildman–Crippen MR) is 62.1 cm³/mol. The van der Waals surface area contributed by atoms with Gasteiger partial charge < -0.3 is 9.30 Å². The zero-order valence-electron chi connectivity index (χ0n) is 8.93. The lowest BCUT2D eigenvalue weighted by Gasteiger charge is -2.03. The van der Waals surface area contributed by atoms with Gasteiger partial charge in [-0.25, -0.2) is 0 Å². The van der Waals surface area contributed by atoms with Crippen molar-refractivity contribution in [2.45, 2.75) is 13.5 Å². The van der Waals surface area contributed by atoms with Crippen LogP contribution in [-0.4, -0.2) is 10.5 Å². The first-order valence-electron chi connectivity index (χ1n) is 4.91. The lowest BCUT2D eigenvalue weighted by Crippen LogP contribution is -2.01. The zero-order valence-corrected chi connectivity index (χ0v) is 8.93. The van der Waals surface area contributed by atoms with Crippen LogP contribution < -0.4 is 4.74 Å². The van der Waals surface area contributed by atoms with Crippen LogP contribution in [0.4, 0.5) is 0 Å². The normalized spacial score (nSPS) is 10.0. The molecule has 0 bridgehead atoms. The summed E-state index contributed by atoms with van der Waals surface area (Å²) in [6.45, 7) is 1.92. The third-order valence-electron chi connectivity index (χ3n) is 2.27. The van der Waals surface area contributed by atoms with Crippen LogP contribution in [0.3, 0.4) is 0 Å². The topological polar surface area (TPSA) is 31.2 Å². The molecule has 0 radical (unpaired) electrons. The quantitative estimate of drug-likeness (QED) is 0.435. The summed E-state index contributed by atoms with van der Waals surface area (Å²) >= 11 is 0. The molecule has 3 nitrogen and oxygen atoms in total. The summed E-state index contributed by atoms with van der Waals surface area (Å²) in [6, 6.07) is 7.42. The number of aromatic nitrogens is 1. The summed E-state index contributed by atoms with van der Waals surface area (Å²) in [6.07, 6.45) is 7.19. The minimum atomic E-state index is -0.317. The van der Waals surface area contributed by atoms with Crippen molar-refractivity contribution < 1.29 is 9.53 Å². The number of carbonyl (C=O) groups is 1. The van der Waals surface area contributed by atoms with Gasteiger partial charge in [0, 0.05) is 24.0 Å². The maximum atomic E-state index is 10.8. The van der Waals surface area contributed by atoms with Crippen molar-refractivity contribution in [2.75, 3.05) is 0 Å². The fourth-order valence-corrected chi connectivity index (χ4v) is 1.64. The highest BCUT2D eigenvalue weighted by Crippen LogP contribution is 2.22. The molecule has 3 heteroatoms. The predicted octanol–water partition coefficient (Wildman–Crippen LogP) is 2.20. The molecule has 80 valence electrons. The van der Waals surface area contributed by atoms with Gasteiger partial charge in [-0.3, -0.25) is 4.79 Å². The molecule has 2 aromatic rings. The SMILES string of the molecule is C#CCn1ccc2cc(OC(C)=O)ccc21. The molecule has 1 aromatic carbocycles. The van der Waals surface area contributed by atoms with Crippen LogP contribution in [0.5, 0.6) is 5.75 Å². The minimum absolute atomic E-state index is 0.317. The maximum Gasteiger partial charge on any atom is 0.308 e. The Morgan fingerprint density at radius 1 is 1.50 bits per heavy atom. The molecule has 2 rings (SSSR count). The molecule has 1 aromatic heterocycles. The van der Waals surface area contributed by atoms with E-state index in [0.29, 0.717) is 12.3 Å². The van der Waals surface area contributed by atoms with Crippen molar-refractivity contribution in [1.82, 2.24) is 4.57 Å². The fraction of sp³-hybridized carbons (Fsp3) is 0.154. The maximum absolute atomic E-state index is 10.8. The van der Waals surface area contributed by atoms with Gasteiger partial charge in [0.05, 0.1) is 6.54 Å². The third kappa shape index (κ3) is 1.91. The molecule has 0 fully saturated rings. The third-order valence-corrected chi connectivity index (χ3v) is 2.27. The monoisotopic (exact) mass is 213 g/mol. The van der Waals surface area contributed by atoms with Gasteiger partial charge in [-0.1, -0.05) is 5.92 Å². The van der Waals surface area contributed by atoms with Gasteiger partial charge >= 0.3 is 5.97 Å². The van der Waals surface area contributed by atoms with Gasteiger partial charge in [-0.15, -0.1) is 6.42 Å². The van der Waals surface area contributed by atoms with E-state index >= 15 is 0 Å². The Kier molecular flexibility index (Phi) is 2.65. The average molecular weight is 213 g/mol. The van der Waals surface area contributed by atoms with Crippen LogP contribution in [-0.2, 0) is 11.3 Å². The first-order chi connectivity index (χ1) is 7.70. The van der Waals surface area contributed by atoms with E-state index in [1.54, 1.807) is 6.07 Å². The second kappa shape index (κ2) is 4.11. The lowest BCUT2D eigenvalue weighted by molar-refractivity contribution is -0.131. The molecule has 0 saturated heterocycles. The van der Waals surface area contributed by atoms with Gasteiger partial charge in [0.15, 0.2) is 0 Å². The van der Waals surface area contributed by atoms with Crippen LogP contribution in [0.1, 0.15) is 6.92 Å². The number of nitrogens with zero attached hydrogens (tertiary/aromatic N) is 1. The number of esters is 1. The number of carbonyl (C=O) groups excluding carboxylic acids is 1. The summed E-state index contributed by atoms with van der Waals surface area (Å²) < 4.78 is 6.97. The Balaban J connectivity index is 2.41. The Hall–Kier alpha value is -2.21. The summed E-state index contributed by atoms with van der Waals surface area (Å²) in [5.74, 6) is 2.82. The van der Waals surface area contributed by atoms with Crippen LogP contribution in [0.2, 0.25) is 0 Å². The number of rotatable bonds is 2. The number of hydrogen-bond acceptors (Lipinski definition) is 2. The highest BCUT2D eigenvalue weighted by molar-refractivity contribution is 5.82. The lowest BCUT2D eigenvalue weighted by atomic mass is 10.2. The minimum Gasteiger partial charge on any atom is -0.427 e. The summed E-state index contributed by atoms with van der Waals surface area (Å²) in [4.78, 5) is 10.8. The van der Waals surface area contributed by atoms with Crippen molar-refractivity contribution in [2.24, 2.45) is 0 Å². The summed E-state index contributed by atoms with van der Waals surface area (Å²) in [5.41, 5.74) is 1.04. The van der Waals surface area contributed by atoms with Crippen molar-refractivity contribution in [1.29, 1.82) is 0 Å². The molecule has 0 aliphatic heterocycles. The molecule has 16 heavy (non-hydrogen) atoms. The van der Waals surface area contributed by atoms with Crippen LogP contribution in [0.15, 0.2) is 30.5 Å². The first kappa shape index (κ1) is 10.3. The Morgan fingerprint density at radius 3 is 3.00 bits per heavy atom. The van der Waals surface area contributed by atoms with Crippen LogP contribution in [0, 0.1) is 12.3 Å². The smallest absolute Gasteiger partial charge is 0.308 e. The van der Waals surface area contributed by atoms with E-state index < -0.39 is 0 Å². The van der Waals surface area contributed by atoms with Gasteiger partial charge in [-0.05, 0) is 24.3 Å². The van der Waals surface area contributed by atoms with E-state index in [1.807, 2.05) is 29.0 Å². The van der Waals surface area contributed by atoms with E-state index in [0.717, 1.165) is 10.9 Å². The second-order valence-corrected chi connectivity index (χ2v) is 3.46. The number of fused-ring (bicyclic) bond motifs is 1. The van der Waals surface area contributed by atoms with Gasteiger partial charge in [-0.2, -0.15) is 0 Å². The molecule has 0 aliphatic rings. The molecular weight excluding hydrogens is 202 g/mol. The van der Waals surface area contributed by atoms with E-state index in [2.05, 4.69) is 5.92 Å². The van der Waals surface area contributed by atoms with Crippen molar-refractivity contribution >= 4 is 16.9 Å².